The lowest BCUT2D eigenvalue weighted by Crippen LogP contribution is -2.29. The zero-order valence-electron chi connectivity index (χ0n) is 13.5. The van der Waals surface area contributed by atoms with Gasteiger partial charge in [0.2, 0.25) is 0 Å². The Hall–Kier alpha value is -2.97. The van der Waals surface area contributed by atoms with Crippen LogP contribution in [-0.4, -0.2) is 19.6 Å². The lowest BCUT2D eigenvalue weighted by Gasteiger charge is -2.34. The molecule has 0 fully saturated rings. The summed E-state index contributed by atoms with van der Waals surface area (Å²) < 4.78 is 2.17. The number of hydrogen-bond acceptors (Lipinski definition) is 4. The molecular formula is C20H16N4O. The van der Waals surface area contributed by atoms with Crippen molar-refractivity contribution in [1.29, 1.82) is 5.26 Å². The first-order valence-corrected chi connectivity index (χ1v) is 8.46. The molecule has 3 heterocycles. The summed E-state index contributed by atoms with van der Waals surface area (Å²) in [4.78, 5) is 8.70. The highest BCUT2D eigenvalue weighted by Gasteiger charge is 2.41. The Morgan fingerprint density at radius 1 is 1.24 bits per heavy atom. The Kier molecular flexibility index (Phi) is 3.03. The number of nitriles is 1. The largest absolute Gasteiger partial charge is 0.386 e. The Labute approximate surface area is 145 Å². The molecule has 2 unspecified atom stereocenters. The average molecular weight is 328 g/mol. The summed E-state index contributed by atoms with van der Waals surface area (Å²) in [6.07, 6.45) is 6.32. The number of pyridine rings is 1. The van der Waals surface area contributed by atoms with Gasteiger partial charge < -0.3 is 9.67 Å². The quantitative estimate of drug-likeness (QED) is 0.745. The molecule has 122 valence electrons. The fourth-order valence-corrected chi connectivity index (χ4v) is 4.37. The molecule has 3 aromatic rings. The highest BCUT2D eigenvalue weighted by atomic mass is 16.3. The number of aliphatic hydroxyl groups is 1. The first-order valence-electron chi connectivity index (χ1n) is 8.46. The number of hydrogen-bond donors (Lipinski definition) is 1. The van der Waals surface area contributed by atoms with Crippen molar-refractivity contribution in [2.75, 3.05) is 0 Å². The number of rotatable bonds is 1. The van der Waals surface area contributed by atoms with Crippen LogP contribution in [0.2, 0.25) is 0 Å². The normalized spacial score (nSPS) is 23.4. The van der Waals surface area contributed by atoms with Crippen molar-refractivity contribution in [3.05, 3.63) is 71.4 Å². The number of aliphatic hydroxyl groups excluding tert-OH is 1. The standard InChI is InChI=1S/C20H16N4O/c21-8-12-7-13-5-6-16(20(25)18(13)23-9-12)19-15-4-2-1-3-14(15)17-10-22-11-24(17)19/h1-4,7,9-11,16,19-20,25H,5-6H2/t16?,19-,20?/m1/s1. The van der Waals surface area contributed by atoms with Gasteiger partial charge in [-0.15, -0.1) is 0 Å². The predicted molar refractivity (Wildman–Crippen MR) is 91.5 cm³/mol. The van der Waals surface area contributed by atoms with Crippen molar-refractivity contribution < 1.29 is 5.11 Å². The first-order chi connectivity index (χ1) is 12.3. The third-order valence-corrected chi connectivity index (χ3v) is 5.49. The molecule has 5 rings (SSSR count). The fourth-order valence-electron chi connectivity index (χ4n) is 4.37. The van der Waals surface area contributed by atoms with Gasteiger partial charge in [-0.2, -0.15) is 5.26 Å². The molecule has 0 radical (unpaired) electrons. The van der Waals surface area contributed by atoms with Crippen LogP contribution in [0.3, 0.4) is 0 Å². The zero-order chi connectivity index (χ0) is 17.0. The third-order valence-electron chi connectivity index (χ3n) is 5.49. The van der Waals surface area contributed by atoms with E-state index in [4.69, 9.17) is 5.26 Å². The van der Waals surface area contributed by atoms with Crippen molar-refractivity contribution in [2.24, 2.45) is 5.92 Å². The molecule has 2 aromatic heterocycles. The number of benzene rings is 1. The summed E-state index contributed by atoms with van der Waals surface area (Å²) in [6, 6.07) is 12.4. The molecule has 25 heavy (non-hydrogen) atoms. The molecule has 1 aromatic carbocycles. The number of nitrogens with zero attached hydrogens (tertiary/aromatic N) is 4. The first kappa shape index (κ1) is 14.4. The van der Waals surface area contributed by atoms with Crippen LogP contribution in [0.25, 0.3) is 11.3 Å². The summed E-state index contributed by atoms with van der Waals surface area (Å²) in [6.45, 7) is 0. The summed E-state index contributed by atoms with van der Waals surface area (Å²) in [5, 5.41) is 20.1. The number of aromatic nitrogens is 3. The second kappa shape index (κ2) is 5.27. The van der Waals surface area contributed by atoms with E-state index in [0.717, 1.165) is 24.1 Å². The van der Waals surface area contributed by atoms with E-state index < -0.39 is 6.10 Å². The Morgan fingerprint density at radius 3 is 3.00 bits per heavy atom. The second-order valence-electron chi connectivity index (χ2n) is 6.75. The van der Waals surface area contributed by atoms with Crippen LogP contribution in [-0.2, 0) is 6.42 Å². The van der Waals surface area contributed by atoms with E-state index in [-0.39, 0.29) is 12.0 Å². The maximum atomic E-state index is 11.1. The highest BCUT2D eigenvalue weighted by Crippen LogP contribution is 2.49. The van der Waals surface area contributed by atoms with Gasteiger partial charge >= 0.3 is 0 Å². The zero-order valence-corrected chi connectivity index (χ0v) is 13.5. The third kappa shape index (κ3) is 1.98. The highest BCUT2D eigenvalue weighted by molar-refractivity contribution is 5.69. The summed E-state index contributed by atoms with van der Waals surface area (Å²) in [5.41, 5.74) is 5.77. The number of imidazole rings is 1. The van der Waals surface area contributed by atoms with Crippen LogP contribution in [0.1, 0.15) is 41.0 Å². The second-order valence-corrected chi connectivity index (χ2v) is 6.75. The van der Waals surface area contributed by atoms with Crippen LogP contribution in [0.15, 0.2) is 49.1 Å². The number of fused-ring (bicyclic) bond motifs is 4. The Morgan fingerprint density at radius 2 is 2.12 bits per heavy atom. The van der Waals surface area contributed by atoms with Gasteiger partial charge in [0, 0.05) is 17.7 Å². The van der Waals surface area contributed by atoms with Gasteiger partial charge in [0.25, 0.3) is 0 Å². The molecule has 0 amide bonds. The molecule has 3 atom stereocenters. The minimum atomic E-state index is -0.650. The van der Waals surface area contributed by atoms with E-state index in [0.29, 0.717) is 11.3 Å². The van der Waals surface area contributed by atoms with Gasteiger partial charge in [-0.1, -0.05) is 24.3 Å². The van der Waals surface area contributed by atoms with Crippen LogP contribution in [0.5, 0.6) is 0 Å². The van der Waals surface area contributed by atoms with E-state index in [9.17, 15) is 5.11 Å². The van der Waals surface area contributed by atoms with E-state index >= 15 is 0 Å². The molecule has 2 aliphatic rings. The Bertz CT molecular complexity index is 1020. The molecule has 0 saturated carbocycles. The molecule has 0 spiro atoms. The van der Waals surface area contributed by atoms with E-state index in [1.807, 2.05) is 30.7 Å². The van der Waals surface area contributed by atoms with Crippen LogP contribution in [0, 0.1) is 17.2 Å². The summed E-state index contributed by atoms with van der Waals surface area (Å²) >= 11 is 0. The predicted octanol–water partition coefficient (Wildman–Crippen LogP) is 3.02. The summed E-state index contributed by atoms with van der Waals surface area (Å²) in [7, 11) is 0. The summed E-state index contributed by atoms with van der Waals surface area (Å²) in [5.74, 6) is 0.0320. The minimum absolute atomic E-state index is 0.0320. The molecule has 5 nitrogen and oxygen atoms in total. The molecule has 1 aliphatic carbocycles. The SMILES string of the molecule is N#Cc1cnc2c(c1)CCC([C@H]1c3ccccc3-c3cncn31)C2O. The van der Waals surface area contributed by atoms with Gasteiger partial charge in [-0.25, -0.2) is 4.98 Å². The molecule has 0 bridgehead atoms. The molecule has 1 aliphatic heterocycles. The fraction of sp³-hybridized carbons (Fsp3) is 0.250. The lowest BCUT2D eigenvalue weighted by molar-refractivity contribution is 0.0679. The van der Waals surface area contributed by atoms with Crippen LogP contribution < -0.4 is 0 Å². The monoisotopic (exact) mass is 328 g/mol. The topological polar surface area (TPSA) is 74.7 Å². The van der Waals surface area contributed by atoms with Gasteiger partial charge in [-0.3, -0.25) is 4.98 Å². The van der Waals surface area contributed by atoms with Crippen molar-refractivity contribution in [1.82, 2.24) is 14.5 Å². The molecular weight excluding hydrogens is 312 g/mol. The van der Waals surface area contributed by atoms with Crippen molar-refractivity contribution in [3.63, 3.8) is 0 Å². The maximum absolute atomic E-state index is 11.1. The van der Waals surface area contributed by atoms with Gasteiger partial charge in [0.1, 0.15) is 12.2 Å². The lowest BCUT2D eigenvalue weighted by atomic mass is 9.77. The average Bonchev–Trinajstić information content (AvgIpc) is 3.23. The minimum Gasteiger partial charge on any atom is -0.386 e. The van der Waals surface area contributed by atoms with Gasteiger partial charge in [0.15, 0.2) is 0 Å². The van der Waals surface area contributed by atoms with Crippen molar-refractivity contribution >= 4 is 0 Å². The number of aryl methyl sites for hydroxylation is 1. The Balaban J connectivity index is 1.60. The van der Waals surface area contributed by atoms with E-state index in [1.165, 1.54) is 11.1 Å². The molecule has 0 saturated heterocycles. The molecule has 1 N–H and O–H groups in total. The van der Waals surface area contributed by atoms with Crippen LogP contribution >= 0.6 is 0 Å². The van der Waals surface area contributed by atoms with Crippen LogP contribution in [0.4, 0.5) is 0 Å². The maximum Gasteiger partial charge on any atom is 0.101 e. The molecule has 5 heteroatoms. The van der Waals surface area contributed by atoms with Gasteiger partial charge in [-0.05, 0) is 30.0 Å². The van der Waals surface area contributed by atoms with Crippen molar-refractivity contribution in [2.45, 2.75) is 25.0 Å². The van der Waals surface area contributed by atoms with Crippen molar-refractivity contribution in [3.8, 4) is 17.3 Å². The van der Waals surface area contributed by atoms with E-state index in [2.05, 4.69) is 32.7 Å². The van der Waals surface area contributed by atoms with Gasteiger partial charge in [0.05, 0.1) is 35.5 Å². The smallest absolute Gasteiger partial charge is 0.101 e. The van der Waals surface area contributed by atoms with E-state index in [1.54, 1.807) is 6.20 Å².